The third-order valence-electron chi connectivity index (χ3n) is 1.68. The molecule has 12 heavy (non-hydrogen) atoms. The van der Waals surface area contributed by atoms with Crippen molar-refractivity contribution in [1.82, 2.24) is 0 Å². The number of rotatable bonds is 2. The summed E-state index contributed by atoms with van der Waals surface area (Å²) in [5.41, 5.74) is 0.616. The predicted molar refractivity (Wildman–Crippen MR) is 50.5 cm³/mol. The van der Waals surface area contributed by atoms with Crippen LogP contribution in [0.1, 0.15) is 18.6 Å². The number of aromatic hydroxyl groups is 1. The molecular weight excluding hydrogens is 172 g/mol. The second-order valence-corrected chi connectivity index (χ2v) is 3.42. The Morgan fingerprint density at radius 3 is 2.50 bits per heavy atom. The van der Waals surface area contributed by atoms with E-state index in [-0.39, 0.29) is 5.75 Å². The average Bonchev–Trinajstić information content (AvgIpc) is 2.03. The topological polar surface area (TPSA) is 40.5 Å². The standard InChI is InChI=1S/C9H12O2S/c1-6(10)9-7(11)4-3-5-8(9)12-2/h3-6,10-11H,1-2H3. The number of hydrogen-bond acceptors (Lipinski definition) is 3. The Balaban J connectivity index is 3.20. The van der Waals surface area contributed by atoms with Crippen LogP contribution in [0.4, 0.5) is 0 Å². The van der Waals surface area contributed by atoms with Crippen molar-refractivity contribution < 1.29 is 10.2 Å². The highest BCUT2D eigenvalue weighted by molar-refractivity contribution is 7.98. The van der Waals surface area contributed by atoms with Crippen LogP contribution in [0.5, 0.6) is 5.75 Å². The largest absolute Gasteiger partial charge is 0.508 e. The van der Waals surface area contributed by atoms with E-state index >= 15 is 0 Å². The minimum atomic E-state index is -0.617. The zero-order valence-electron chi connectivity index (χ0n) is 7.11. The van der Waals surface area contributed by atoms with Crippen LogP contribution in [0.3, 0.4) is 0 Å². The van der Waals surface area contributed by atoms with E-state index in [1.807, 2.05) is 12.3 Å². The molecule has 0 spiro atoms. The summed E-state index contributed by atoms with van der Waals surface area (Å²) in [6.45, 7) is 1.65. The molecule has 0 saturated carbocycles. The van der Waals surface area contributed by atoms with Crippen LogP contribution in [0.25, 0.3) is 0 Å². The molecule has 0 radical (unpaired) electrons. The third kappa shape index (κ3) is 1.73. The van der Waals surface area contributed by atoms with Crippen LogP contribution in [0.15, 0.2) is 23.1 Å². The average molecular weight is 184 g/mol. The molecule has 0 bridgehead atoms. The molecule has 0 aliphatic carbocycles. The first kappa shape index (κ1) is 9.42. The summed E-state index contributed by atoms with van der Waals surface area (Å²) in [7, 11) is 0. The van der Waals surface area contributed by atoms with Gasteiger partial charge in [-0.25, -0.2) is 0 Å². The van der Waals surface area contributed by atoms with Gasteiger partial charge in [-0.15, -0.1) is 11.8 Å². The Bertz CT molecular complexity index is 271. The lowest BCUT2D eigenvalue weighted by Crippen LogP contribution is -1.94. The van der Waals surface area contributed by atoms with Gasteiger partial charge < -0.3 is 10.2 Å². The van der Waals surface area contributed by atoms with E-state index in [1.165, 1.54) is 11.8 Å². The van der Waals surface area contributed by atoms with Crippen molar-refractivity contribution in [3.8, 4) is 5.75 Å². The lowest BCUT2D eigenvalue weighted by atomic mass is 10.1. The Morgan fingerprint density at radius 2 is 2.08 bits per heavy atom. The molecule has 0 amide bonds. The first-order valence-electron chi connectivity index (χ1n) is 3.70. The molecule has 2 nitrogen and oxygen atoms in total. The first-order chi connectivity index (χ1) is 5.66. The van der Waals surface area contributed by atoms with E-state index < -0.39 is 6.10 Å². The molecule has 66 valence electrons. The van der Waals surface area contributed by atoms with Gasteiger partial charge in [0.05, 0.1) is 6.10 Å². The minimum Gasteiger partial charge on any atom is -0.508 e. The van der Waals surface area contributed by atoms with Gasteiger partial charge in [0.15, 0.2) is 0 Å². The monoisotopic (exact) mass is 184 g/mol. The van der Waals surface area contributed by atoms with Gasteiger partial charge in [0.25, 0.3) is 0 Å². The maximum Gasteiger partial charge on any atom is 0.122 e. The van der Waals surface area contributed by atoms with Gasteiger partial charge in [-0.05, 0) is 25.3 Å². The molecule has 0 saturated heterocycles. The normalized spacial score (nSPS) is 12.9. The minimum absolute atomic E-state index is 0.164. The van der Waals surface area contributed by atoms with E-state index in [9.17, 15) is 10.2 Å². The number of aliphatic hydroxyl groups is 1. The fraction of sp³-hybridized carbons (Fsp3) is 0.333. The highest BCUT2D eigenvalue weighted by atomic mass is 32.2. The molecule has 1 aromatic carbocycles. The van der Waals surface area contributed by atoms with Gasteiger partial charge in [0, 0.05) is 10.5 Å². The van der Waals surface area contributed by atoms with Crippen molar-refractivity contribution in [2.75, 3.05) is 6.26 Å². The lowest BCUT2D eigenvalue weighted by Gasteiger charge is -2.11. The van der Waals surface area contributed by atoms with E-state index in [1.54, 1.807) is 19.1 Å². The highest BCUT2D eigenvalue weighted by Gasteiger charge is 2.11. The van der Waals surface area contributed by atoms with Crippen LogP contribution < -0.4 is 0 Å². The molecule has 0 aliphatic heterocycles. The van der Waals surface area contributed by atoms with Gasteiger partial charge in [0.1, 0.15) is 5.75 Å². The molecule has 1 rings (SSSR count). The molecule has 0 fully saturated rings. The summed E-state index contributed by atoms with van der Waals surface area (Å²) in [6, 6.07) is 5.24. The summed E-state index contributed by atoms with van der Waals surface area (Å²) < 4.78 is 0. The van der Waals surface area contributed by atoms with Gasteiger partial charge in [-0.2, -0.15) is 0 Å². The van der Waals surface area contributed by atoms with Crippen LogP contribution in [-0.4, -0.2) is 16.5 Å². The molecule has 2 N–H and O–H groups in total. The maximum absolute atomic E-state index is 9.42. The highest BCUT2D eigenvalue weighted by Crippen LogP contribution is 2.32. The van der Waals surface area contributed by atoms with Crippen molar-refractivity contribution in [2.24, 2.45) is 0 Å². The molecule has 0 aromatic heterocycles. The molecular formula is C9H12O2S. The Morgan fingerprint density at radius 1 is 1.42 bits per heavy atom. The zero-order valence-corrected chi connectivity index (χ0v) is 7.93. The number of hydrogen-bond donors (Lipinski definition) is 2. The van der Waals surface area contributed by atoms with Crippen LogP contribution in [0, 0.1) is 0 Å². The molecule has 1 aromatic rings. The number of phenolic OH excluding ortho intramolecular Hbond substituents is 1. The number of thioether (sulfide) groups is 1. The van der Waals surface area contributed by atoms with E-state index in [4.69, 9.17) is 0 Å². The van der Waals surface area contributed by atoms with Crippen molar-refractivity contribution >= 4 is 11.8 Å². The van der Waals surface area contributed by atoms with Gasteiger partial charge in [0.2, 0.25) is 0 Å². The first-order valence-corrected chi connectivity index (χ1v) is 4.93. The lowest BCUT2D eigenvalue weighted by molar-refractivity contribution is 0.192. The zero-order chi connectivity index (χ0) is 9.14. The fourth-order valence-corrected chi connectivity index (χ4v) is 1.84. The Hall–Kier alpha value is -0.670. The predicted octanol–water partition coefficient (Wildman–Crippen LogP) is 2.17. The fourth-order valence-electron chi connectivity index (χ4n) is 1.13. The summed E-state index contributed by atoms with van der Waals surface area (Å²) >= 11 is 1.52. The molecule has 0 heterocycles. The Labute approximate surface area is 76.2 Å². The number of benzene rings is 1. The van der Waals surface area contributed by atoms with Gasteiger partial charge >= 0.3 is 0 Å². The van der Waals surface area contributed by atoms with E-state index in [2.05, 4.69) is 0 Å². The van der Waals surface area contributed by atoms with Gasteiger partial charge in [-0.1, -0.05) is 6.07 Å². The van der Waals surface area contributed by atoms with E-state index in [0.29, 0.717) is 5.56 Å². The third-order valence-corrected chi connectivity index (χ3v) is 2.48. The van der Waals surface area contributed by atoms with E-state index in [0.717, 1.165) is 4.90 Å². The molecule has 0 aliphatic rings. The SMILES string of the molecule is CSc1cccc(O)c1C(C)O. The molecule has 1 unspecified atom stereocenters. The quantitative estimate of drug-likeness (QED) is 0.692. The van der Waals surface area contributed by atoms with Crippen molar-refractivity contribution in [3.63, 3.8) is 0 Å². The second-order valence-electron chi connectivity index (χ2n) is 2.57. The van der Waals surface area contributed by atoms with Crippen LogP contribution in [0.2, 0.25) is 0 Å². The van der Waals surface area contributed by atoms with Crippen LogP contribution in [-0.2, 0) is 0 Å². The Kier molecular flexibility index (Phi) is 3.00. The number of phenols is 1. The maximum atomic E-state index is 9.42. The van der Waals surface area contributed by atoms with Crippen molar-refractivity contribution in [1.29, 1.82) is 0 Å². The summed E-state index contributed by atoms with van der Waals surface area (Å²) in [6.07, 6.45) is 1.30. The van der Waals surface area contributed by atoms with Crippen LogP contribution >= 0.6 is 11.8 Å². The smallest absolute Gasteiger partial charge is 0.122 e. The summed E-state index contributed by atoms with van der Waals surface area (Å²) in [5, 5.41) is 18.8. The molecule has 3 heteroatoms. The number of aliphatic hydroxyl groups excluding tert-OH is 1. The van der Waals surface area contributed by atoms with Crippen molar-refractivity contribution in [3.05, 3.63) is 23.8 Å². The second kappa shape index (κ2) is 3.83. The van der Waals surface area contributed by atoms with Crippen molar-refractivity contribution in [2.45, 2.75) is 17.9 Å². The summed E-state index contributed by atoms with van der Waals surface area (Å²) in [4.78, 5) is 0.921. The molecule has 1 atom stereocenters. The summed E-state index contributed by atoms with van der Waals surface area (Å²) in [5.74, 6) is 0.164. The van der Waals surface area contributed by atoms with Gasteiger partial charge in [-0.3, -0.25) is 0 Å².